The van der Waals surface area contributed by atoms with Gasteiger partial charge in [0.25, 0.3) is 0 Å². The van der Waals surface area contributed by atoms with E-state index in [4.69, 9.17) is 10.5 Å². The molecule has 0 bridgehead atoms. The number of primary amides is 1. The number of nitrogens with two attached hydrogens (primary N) is 1. The highest BCUT2D eigenvalue weighted by molar-refractivity contribution is 5.92. The molecule has 1 heterocycles. The monoisotopic (exact) mass is 234 g/mol. The van der Waals surface area contributed by atoms with Gasteiger partial charge in [0.15, 0.2) is 0 Å². The molecule has 17 heavy (non-hydrogen) atoms. The minimum atomic E-state index is -0.377. The number of hydrogen-bond acceptors (Lipinski definition) is 3. The Morgan fingerprint density at radius 2 is 2.18 bits per heavy atom. The first kappa shape index (κ1) is 12.1. The quantitative estimate of drug-likeness (QED) is 0.818. The van der Waals surface area contributed by atoms with E-state index in [1.54, 1.807) is 6.07 Å². The number of hydrogen-bond donors (Lipinski definition) is 2. The fourth-order valence-corrected chi connectivity index (χ4v) is 2.00. The van der Waals surface area contributed by atoms with Crippen LogP contribution in [0.15, 0.2) is 24.3 Å². The van der Waals surface area contributed by atoms with E-state index in [9.17, 15) is 4.79 Å². The third-order valence-corrected chi connectivity index (χ3v) is 3.03. The van der Waals surface area contributed by atoms with Crippen molar-refractivity contribution in [2.45, 2.75) is 25.4 Å². The van der Waals surface area contributed by atoms with Crippen LogP contribution in [0.1, 0.15) is 28.8 Å². The van der Waals surface area contributed by atoms with Gasteiger partial charge in [0, 0.05) is 31.4 Å². The van der Waals surface area contributed by atoms with Gasteiger partial charge < -0.3 is 15.8 Å². The highest BCUT2D eigenvalue weighted by atomic mass is 16.5. The second-order valence-electron chi connectivity index (χ2n) is 4.33. The number of carbonyl (C=O) groups excluding carboxylic acids is 1. The lowest BCUT2D eigenvalue weighted by Crippen LogP contribution is -2.34. The fourth-order valence-electron chi connectivity index (χ4n) is 2.00. The normalized spacial score (nSPS) is 16.9. The second-order valence-corrected chi connectivity index (χ2v) is 4.33. The summed E-state index contributed by atoms with van der Waals surface area (Å²) >= 11 is 0. The fraction of sp³-hybridized carbons (Fsp3) is 0.462. The van der Waals surface area contributed by atoms with Gasteiger partial charge in [-0.25, -0.2) is 0 Å². The van der Waals surface area contributed by atoms with E-state index in [2.05, 4.69) is 5.32 Å². The first-order valence-electron chi connectivity index (χ1n) is 5.95. The molecule has 0 aromatic heterocycles. The van der Waals surface area contributed by atoms with Crippen molar-refractivity contribution in [3.05, 3.63) is 35.4 Å². The average molecular weight is 234 g/mol. The lowest BCUT2D eigenvalue weighted by Gasteiger charge is -2.23. The van der Waals surface area contributed by atoms with Crippen LogP contribution < -0.4 is 11.1 Å². The molecule has 0 saturated carbocycles. The van der Waals surface area contributed by atoms with Crippen LogP contribution in [-0.4, -0.2) is 25.2 Å². The molecule has 0 radical (unpaired) electrons. The van der Waals surface area contributed by atoms with Crippen LogP contribution in [0.4, 0.5) is 0 Å². The van der Waals surface area contributed by atoms with Crippen molar-refractivity contribution >= 4 is 5.91 Å². The molecule has 92 valence electrons. The van der Waals surface area contributed by atoms with Crippen LogP contribution in [0.25, 0.3) is 0 Å². The standard InChI is InChI=1S/C13H18N2O2/c14-13(16)11-3-1-2-10(8-11)9-15-12-4-6-17-7-5-12/h1-3,8,12,15H,4-7,9H2,(H2,14,16). The molecule has 1 saturated heterocycles. The zero-order chi connectivity index (χ0) is 12.1. The minimum absolute atomic E-state index is 0.377. The van der Waals surface area contributed by atoms with Crippen LogP contribution in [0.2, 0.25) is 0 Å². The van der Waals surface area contributed by atoms with Gasteiger partial charge in [-0.15, -0.1) is 0 Å². The molecule has 0 unspecified atom stereocenters. The molecule has 1 aliphatic heterocycles. The van der Waals surface area contributed by atoms with Gasteiger partial charge in [-0.3, -0.25) is 4.79 Å². The lowest BCUT2D eigenvalue weighted by atomic mass is 10.1. The van der Waals surface area contributed by atoms with E-state index in [1.165, 1.54) is 0 Å². The van der Waals surface area contributed by atoms with Crippen LogP contribution in [0.5, 0.6) is 0 Å². The smallest absolute Gasteiger partial charge is 0.248 e. The summed E-state index contributed by atoms with van der Waals surface area (Å²) in [5, 5.41) is 3.47. The van der Waals surface area contributed by atoms with E-state index >= 15 is 0 Å². The van der Waals surface area contributed by atoms with Crippen LogP contribution in [-0.2, 0) is 11.3 Å². The molecule has 0 aliphatic carbocycles. The third-order valence-electron chi connectivity index (χ3n) is 3.03. The molecule has 1 amide bonds. The Labute approximate surface area is 101 Å². The summed E-state index contributed by atoms with van der Waals surface area (Å²) < 4.78 is 5.30. The molecule has 1 aliphatic rings. The summed E-state index contributed by atoms with van der Waals surface area (Å²) in [6.45, 7) is 2.43. The van der Waals surface area contributed by atoms with Crippen molar-refractivity contribution in [2.24, 2.45) is 5.73 Å². The lowest BCUT2D eigenvalue weighted by molar-refractivity contribution is 0.0776. The van der Waals surface area contributed by atoms with Crippen molar-refractivity contribution in [2.75, 3.05) is 13.2 Å². The van der Waals surface area contributed by atoms with Crippen molar-refractivity contribution in [1.82, 2.24) is 5.32 Å². The first-order chi connectivity index (χ1) is 8.25. The third kappa shape index (κ3) is 3.54. The number of nitrogens with one attached hydrogen (secondary N) is 1. The van der Waals surface area contributed by atoms with E-state index in [0.29, 0.717) is 11.6 Å². The summed E-state index contributed by atoms with van der Waals surface area (Å²) in [5.74, 6) is -0.377. The number of rotatable bonds is 4. The highest BCUT2D eigenvalue weighted by Gasteiger charge is 2.12. The number of ether oxygens (including phenoxy) is 1. The van der Waals surface area contributed by atoms with Crippen molar-refractivity contribution in [3.8, 4) is 0 Å². The number of benzene rings is 1. The molecule has 1 aromatic carbocycles. The summed E-state index contributed by atoms with van der Waals surface area (Å²) in [7, 11) is 0. The average Bonchev–Trinajstić information content (AvgIpc) is 2.38. The maximum absolute atomic E-state index is 11.0. The Morgan fingerprint density at radius 3 is 2.88 bits per heavy atom. The Kier molecular flexibility index (Phi) is 4.12. The van der Waals surface area contributed by atoms with Crippen LogP contribution in [0, 0.1) is 0 Å². The number of carbonyl (C=O) groups is 1. The van der Waals surface area contributed by atoms with Gasteiger partial charge in [0.05, 0.1) is 0 Å². The van der Waals surface area contributed by atoms with Crippen molar-refractivity contribution < 1.29 is 9.53 Å². The molecule has 1 fully saturated rings. The zero-order valence-corrected chi connectivity index (χ0v) is 9.82. The van der Waals surface area contributed by atoms with Crippen LogP contribution >= 0.6 is 0 Å². The molecule has 4 heteroatoms. The summed E-state index contributed by atoms with van der Waals surface area (Å²) in [6.07, 6.45) is 2.10. The largest absolute Gasteiger partial charge is 0.381 e. The summed E-state index contributed by atoms with van der Waals surface area (Å²) in [5.41, 5.74) is 6.90. The van der Waals surface area contributed by atoms with Crippen molar-refractivity contribution in [1.29, 1.82) is 0 Å². The van der Waals surface area contributed by atoms with Gasteiger partial charge in [0.1, 0.15) is 0 Å². The molecule has 2 rings (SSSR count). The van der Waals surface area contributed by atoms with E-state index in [1.807, 2.05) is 18.2 Å². The second kappa shape index (κ2) is 5.80. The van der Waals surface area contributed by atoms with E-state index in [0.717, 1.165) is 38.2 Å². The minimum Gasteiger partial charge on any atom is -0.381 e. The highest BCUT2D eigenvalue weighted by Crippen LogP contribution is 2.09. The Bertz CT molecular complexity index is 387. The Balaban J connectivity index is 1.89. The summed E-state index contributed by atoms with van der Waals surface area (Å²) in [6, 6.07) is 7.95. The zero-order valence-electron chi connectivity index (χ0n) is 9.82. The van der Waals surface area contributed by atoms with E-state index in [-0.39, 0.29) is 5.91 Å². The molecular formula is C13H18N2O2. The topological polar surface area (TPSA) is 64.4 Å². The van der Waals surface area contributed by atoms with Gasteiger partial charge in [-0.05, 0) is 30.5 Å². The maximum Gasteiger partial charge on any atom is 0.248 e. The molecular weight excluding hydrogens is 216 g/mol. The summed E-state index contributed by atoms with van der Waals surface area (Å²) in [4.78, 5) is 11.0. The molecule has 0 atom stereocenters. The molecule has 0 spiro atoms. The van der Waals surface area contributed by atoms with Gasteiger partial charge in [-0.1, -0.05) is 12.1 Å². The predicted octanol–water partition coefficient (Wildman–Crippen LogP) is 1.05. The maximum atomic E-state index is 11.0. The molecule has 4 nitrogen and oxygen atoms in total. The van der Waals surface area contributed by atoms with Gasteiger partial charge >= 0.3 is 0 Å². The Hall–Kier alpha value is -1.39. The first-order valence-corrected chi connectivity index (χ1v) is 5.95. The van der Waals surface area contributed by atoms with Gasteiger partial charge in [0.2, 0.25) is 5.91 Å². The van der Waals surface area contributed by atoms with Crippen molar-refractivity contribution in [3.63, 3.8) is 0 Å². The van der Waals surface area contributed by atoms with E-state index < -0.39 is 0 Å². The molecule has 1 aromatic rings. The predicted molar refractivity (Wildman–Crippen MR) is 65.6 cm³/mol. The molecule has 3 N–H and O–H groups in total. The van der Waals surface area contributed by atoms with Crippen LogP contribution in [0.3, 0.4) is 0 Å². The van der Waals surface area contributed by atoms with Gasteiger partial charge in [-0.2, -0.15) is 0 Å². The number of amides is 1. The SMILES string of the molecule is NC(=O)c1cccc(CNC2CCOCC2)c1. The Morgan fingerprint density at radius 1 is 1.41 bits per heavy atom.